The quantitative estimate of drug-likeness (QED) is 0.785. The Hall–Kier alpha value is -2.14. The maximum absolute atomic E-state index is 12.4. The Morgan fingerprint density at radius 2 is 2.04 bits per heavy atom. The number of esters is 1. The molecule has 2 aromatic rings. The molecule has 0 radical (unpaired) electrons. The number of hydrogen-bond acceptors (Lipinski definition) is 4. The third-order valence-electron chi connectivity index (χ3n) is 5.08. The lowest BCUT2D eigenvalue weighted by Crippen LogP contribution is -2.34. The van der Waals surface area contributed by atoms with Crippen LogP contribution in [0.25, 0.3) is 11.3 Å². The Bertz CT molecular complexity index is 690. The van der Waals surface area contributed by atoms with Crippen molar-refractivity contribution in [3.05, 3.63) is 41.9 Å². The molecule has 2 aromatic heterocycles. The molecule has 0 saturated heterocycles. The van der Waals surface area contributed by atoms with Crippen molar-refractivity contribution in [1.82, 2.24) is 9.97 Å². The maximum atomic E-state index is 12.4. The first kappa shape index (κ1) is 17.7. The van der Waals surface area contributed by atoms with E-state index in [4.69, 9.17) is 10.5 Å². The van der Waals surface area contributed by atoms with Crippen molar-refractivity contribution in [1.29, 1.82) is 0 Å². The highest BCUT2D eigenvalue weighted by Gasteiger charge is 2.24. The summed E-state index contributed by atoms with van der Waals surface area (Å²) in [5, 5.41) is 0. The molecular formula is C20H27N3O2. The maximum Gasteiger partial charge on any atom is 0.339 e. The Morgan fingerprint density at radius 1 is 1.32 bits per heavy atom. The van der Waals surface area contributed by atoms with Crippen LogP contribution in [0.5, 0.6) is 0 Å². The molecule has 1 saturated carbocycles. The van der Waals surface area contributed by atoms with E-state index in [-0.39, 0.29) is 12.0 Å². The average molecular weight is 341 g/mol. The van der Waals surface area contributed by atoms with Gasteiger partial charge in [0.05, 0.1) is 12.2 Å². The van der Waals surface area contributed by atoms with Crippen LogP contribution in [-0.2, 0) is 11.2 Å². The van der Waals surface area contributed by atoms with Crippen molar-refractivity contribution in [2.75, 3.05) is 6.61 Å². The molecule has 0 bridgehead atoms. The van der Waals surface area contributed by atoms with E-state index in [1.54, 1.807) is 12.4 Å². The van der Waals surface area contributed by atoms with E-state index < -0.39 is 0 Å². The number of nitrogens with one attached hydrogen (secondary N) is 1. The molecule has 3 rings (SSSR count). The molecule has 0 aliphatic heterocycles. The predicted octanol–water partition coefficient (Wildman–Crippen LogP) is 3.70. The molecule has 134 valence electrons. The van der Waals surface area contributed by atoms with Gasteiger partial charge in [0.15, 0.2) is 0 Å². The summed E-state index contributed by atoms with van der Waals surface area (Å²) in [5.41, 5.74) is 9.86. The van der Waals surface area contributed by atoms with Gasteiger partial charge >= 0.3 is 5.97 Å². The molecule has 0 aromatic carbocycles. The highest BCUT2D eigenvalue weighted by molar-refractivity contribution is 5.92. The minimum atomic E-state index is -0.287. The fourth-order valence-corrected chi connectivity index (χ4v) is 3.70. The van der Waals surface area contributed by atoms with Crippen molar-refractivity contribution < 1.29 is 9.53 Å². The second-order valence-corrected chi connectivity index (χ2v) is 6.80. The molecular weight excluding hydrogens is 314 g/mol. The van der Waals surface area contributed by atoms with E-state index >= 15 is 0 Å². The fourth-order valence-electron chi connectivity index (χ4n) is 3.70. The van der Waals surface area contributed by atoms with Gasteiger partial charge in [0.1, 0.15) is 0 Å². The molecule has 1 fully saturated rings. The molecule has 1 aliphatic carbocycles. The van der Waals surface area contributed by atoms with E-state index in [1.807, 2.05) is 25.1 Å². The Morgan fingerprint density at radius 3 is 2.72 bits per heavy atom. The number of carbonyl (C=O) groups is 1. The summed E-state index contributed by atoms with van der Waals surface area (Å²) in [6.07, 6.45) is 10.4. The molecule has 3 N–H and O–H groups in total. The van der Waals surface area contributed by atoms with Crippen LogP contribution < -0.4 is 5.73 Å². The average Bonchev–Trinajstić information content (AvgIpc) is 3.07. The van der Waals surface area contributed by atoms with E-state index in [1.165, 1.54) is 32.1 Å². The van der Waals surface area contributed by atoms with E-state index in [0.717, 1.165) is 17.0 Å². The van der Waals surface area contributed by atoms with Crippen LogP contribution in [-0.4, -0.2) is 28.6 Å². The number of aromatic nitrogens is 2. The zero-order chi connectivity index (χ0) is 17.6. The van der Waals surface area contributed by atoms with Gasteiger partial charge in [0.25, 0.3) is 0 Å². The molecule has 25 heavy (non-hydrogen) atoms. The van der Waals surface area contributed by atoms with E-state index in [0.29, 0.717) is 24.5 Å². The van der Waals surface area contributed by atoms with Crippen LogP contribution >= 0.6 is 0 Å². The number of H-pyrrole nitrogens is 1. The fraction of sp³-hybridized carbons (Fsp3) is 0.500. The lowest BCUT2D eigenvalue weighted by Gasteiger charge is -2.27. The Balaban J connectivity index is 1.85. The van der Waals surface area contributed by atoms with Gasteiger partial charge in [-0.1, -0.05) is 19.3 Å². The summed E-state index contributed by atoms with van der Waals surface area (Å²) in [6.45, 7) is 2.19. The number of pyridine rings is 1. The van der Waals surface area contributed by atoms with Gasteiger partial charge in [-0.05, 0) is 43.9 Å². The predicted molar refractivity (Wildman–Crippen MR) is 98.2 cm³/mol. The summed E-state index contributed by atoms with van der Waals surface area (Å²) >= 11 is 0. The summed E-state index contributed by atoms with van der Waals surface area (Å²) in [4.78, 5) is 19.8. The molecule has 1 atom stereocenters. The normalized spacial score (nSPS) is 16.6. The first-order chi connectivity index (χ1) is 12.2. The van der Waals surface area contributed by atoms with Crippen molar-refractivity contribution in [3.8, 4) is 11.3 Å². The molecule has 0 spiro atoms. The highest BCUT2D eigenvalue weighted by atomic mass is 16.5. The van der Waals surface area contributed by atoms with Gasteiger partial charge in [-0.25, -0.2) is 4.79 Å². The summed E-state index contributed by atoms with van der Waals surface area (Å²) in [6, 6.07) is 5.78. The molecule has 2 heterocycles. The van der Waals surface area contributed by atoms with Crippen LogP contribution in [0.2, 0.25) is 0 Å². The first-order valence-electron chi connectivity index (χ1n) is 9.24. The number of hydrogen-bond donors (Lipinski definition) is 2. The Labute approximate surface area is 149 Å². The number of nitrogens with two attached hydrogens (primary N) is 1. The molecule has 5 heteroatoms. The van der Waals surface area contributed by atoms with Gasteiger partial charge in [-0.2, -0.15) is 0 Å². The third kappa shape index (κ3) is 4.28. The SMILES string of the molecule is CCOC(=O)c1cc(-c2ccncc2)[nH]c1CC(N)C1CCCCC1. The minimum Gasteiger partial charge on any atom is -0.462 e. The summed E-state index contributed by atoms with van der Waals surface area (Å²) in [5.74, 6) is 0.251. The van der Waals surface area contributed by atoms with E-state index in [2.05, 4.69) is 9.97 Å². The lowest BCUT2D eigenvalue weighted by atomic mass is 9.82. The Kier molecular flexibility index (Phi) is 5.87. The molecule has 1 unspecified atom stereocenters. The molecule has 5 nitrogen and oxygen atoms in total. The van der Waals surface area contributed by atoms with Crippen LogP contribution in [0.1, 0.15) is 55.1 Å². The van der Waals surface area contributed by atoms with Crippen LogP contribution in [0.4, 0.5) is 0 Å². The molecule has 0 amide bonds. The van der Waals surface area contributed by atoms with Gasteiger partial charge < -0.3 is 15.5 Å². The number of aromatic amines is 1. The zero-order valence-corrected chi connectivity index (χ0v) is 14.8. The van der Waals surface area contributed by atoms with Crippen LogP contribution in [0, 0.1) is 5.92 Å². The van der Waals surface area contributed by atoms with Crippen molar-refractivity contribution in [3.63, 3.8) is 0 Å². The van der Waals surface area contributed by atoms with E-state index in [9.17, 15) is 4.79 Å². The topological polar surface area (TPSA) is 81.0 Å². The van der Waals surface area contributed by atoms with Gasteiger partial charge in [0, 0.05) is 41.8 Å². The second kappa shape index (κ2) is 8.30. The number of ether oxygens (including phenoxy) is 1. The first-order valence-corrected chi connectivity index (χ1v) is 9.24. The number of rotatable bonds is 6. The van der Waals surface area contributed by atoms with Gasteiger partial charge in [-0.3, -0.25) is 4.98 Å². The minimum absolute atomic E-state index is 0.0671. The zero-order valence-electron chi connectivity index (χ0n) is 14.8. The van der Waals surface area contributed by atoms with Crippen LogP contribution in [0.15, 0.2) is 30.6 Å². The third-order valence-corrected chi connectivity index (χ3v) is 5.08. The number of carbonyl (C=O) groups excluding carboxylic acids is 1. The summed E-state index contributed by atoms with van der Waals surface area (Å²) < 4.78 is 5.23. The molecule has 1 aliphatic rings. The largest absolute Gasteiger partial charge is 0.462 e. The van der Waals surface area contributed by atoms with Crippen LogP contribution in [0.3, 0.4) is 0 Å². The van der Waals surface area contributed by atoms with Crippen molar-refractivity contribution >= 4 is 5.97 Å². The van der Waals surface area contributed by atoms with Gasteiger partial charge in [0.2, 0.25) is 0 Å². The highest BCUT2D eigenvalue weighted by Crippen LogP contribution is 2.29. The number of nitrogens with zero attached hydrogens (tertiary/aromatic N) is 1. The van der Waals surface area contributed by atoms with Crippen molar-refractivity contribution in [2.24, 2.45) is 11.7 Å². The van der Waals surface area contributed by atoms with Crippen molar-refractivity contribution in [2.45, 2.75) is 51.5 Å². The lowest BCUT2D eigenvalue weighted by molar-refractivity contribution is 0.0525. The smallest absolute Gasteiger partial charge is 0.339 e. The monoisotopic (exact) mass is 341 g/mol. The standard InChI is InChI=1S/C20H27N3O2/c1-2-25-20(24)16-12-18(15-8-10-22-11-9-15)23-19(16)13-17(21)14-6-4-3-5-7-14/h8-12,14,17,23H,2-7,13,21H2,1H3. The van der Waals surface area contributed by atoms with Gasteiger partial charge in [-0.15, -0.1) is 0 Å². The second-order valence-electron chi connectivity index (χ2n) is 6.80. The summed E-state index contributed by atoms with van der Waals surface area (Å²) in [7, 11) is 0.